The first-order chi connectivity index (χ1) is 7.81. The van der Waals surface area contributed by atoms with Crippen LogP contribution in [-0.2, 0) is 0 Å². The van der Waals surface area contributed by atoms with Crippen LogP contribution in [0, 0.1) is 17.2 Å². The van der Waals surface area contributed by atoms with Crippen LogP contribution in [0.2, 0.25) is 0 Å². The molecule has 1 rings (SSSR count). The van der Waals surface area contributed by atoms with Gasteiger partial charge in [-0.2, -0.15) is 5.26 Å². The maximum Gasteiger partial charge on any atom is 0.143 e. The van der Waals surface area contributed by atoms with Crippen molar-refractivity contribution in [3.8, 4) is 6.07 Å². The molecule has 4 nitrogen and oxygen atoms in total. The molecule has 0 radical (unpaired) electrons. The van der Waals surface area contributed by atoms with Crippen LogP contribution in [0.1, 0.15) is 25.3 Å². The van der Waals surface area contributed by atoms with Crippen LogP contribution < -0.4 is 5.32 Å². The second kappa shape index (κ2) is 6.81. The minimum atomic E-state index is 0.202. The van der Waals surface area contributed by atoms with Crippen LogP contribution in [0.25, 0.3) is 0 Å². The zero-order chi connectivity index (χ0) is 11.8. The lowest BCUT2D eigenvalue weighted by atomic mass is 10.0. The Bertz CT molecular complexity index is 360. The van der Waals surface area contributed by atoms with E-state index >= 15 is 0 Å². The highest BCUT2D eigenvalue weighted by Crippen LogP contribution is 2.13. The fraction of sp³-hybridized carbons (Fsp3) is 0.500. The van der Waals surface area contributed by atoms with Crippen molar-refractivity contribution >= 4 is 5.82 Å². The average molecular weight is 219 g/mol. The molecular formula is C12H17N3O. The number of nitrogens with one attached hydrogen (secondary N) is 1. The van der Waals surface area contributed by atoms with Gasteiger partial charge in [-0.3, -0.25) is 0 Å². The van der Waals surface area contributed by atoms with E-state index in [4.69, 9.17) is 10.4 Å². The van der Waals surface area contributed by atoms with E-state index in [1.165, 1.54) is 0 Å². The van der Waals surface area contributed by atoms with Gasteiger partial charge >= 0.3 is 0 Å². The summed E-state index contributed by atoms with van der Waals surface area (Å²) in [6.45, 7) is 3.03. The maximum absolute atomic E-state index is 8.87. The Hall–Kier alpha value is -1.60. The van der Waals surface area contributed by atoms with Gasteiger partial charge in [-0.05, 0) is 24.5 Å². The number of hydrogen-bond donors (Lipinski definition) is 2. The van der Waals surface area contributed by atoms with Crippen molar-refractivity contribution in [3.63, 3.8) is 0 Å². The summed E-state index contributed by atoms with van der Waals surface area (Å²) in [6.07, 6.45) is 3.44. The normalized spacial score (nSPS) is 11.8. The van der Waals surface area contributed by atoms with E-state index in [0.29, 0.717) is 17.3 Å². The van der Waals surface area contributed by atoms with Gasteiger partial charge in [0.05, 0.1) is 5.56 Å². The van der Waals surface area contributed by atoms with Crippen LogP contribution in [0.3, 0.4) is 0 Å². The molecule has 1 atom stereocenters. The number of nitrogens with zero attached hydrogens (tertiary/aromatic N) is 2. The lowest BCUT2D eigenvalue weighted by Crippen LogP contribution is -2.16. The van der Waals surface area contributed by atoms with E-state index in [9.17, 15) is 0 Å². The standard InChI is InChI=1S/C12H17N3O/c1-2-10(5-7-16)9-15-12-11(8-13)4-3-6-14-12/h3-4,6,10,16H,2,5,7,9H2,1H3,(H,14,15). The van der Waals surface area contributed by atoms with Crippen LogP contribution in [-0.4, -0.2) is 23.2 Å². The number of nitriles is 1. The molecule has 0 aliphatic carbocycles. The van der Waals surface area contributed by atoms with Crippen molar-refractivity contribution in [2.24, 2.45) is 5.92 Å². The minimum absolute atomic E-state index is 0.202. The lowest BCUT2D eigenvalue weighted by molar-refractivity contribution is 0.258. The number of rotatable bonds is 6. The molecule has 1 heterocycles. The molecule has 16 heavy (non-hydrogen) atoms. The summed E-state index contributed by atoms with van der Waals surface area (Å²) in [5.74, 6) is 1.04. The Labute approximate surface area is 95.9 Å². The third-order valence-electron chi connectivity index (χ3n) is 2.60. The van der Waals surface area contributed by atoms with Gasteiger partial charge in [-0.15, -0.1) is 0 Å². The molecule has 2 N–H and O–H groups in total. The molecule has 0 bridgehead atoms. The zero-order valence-corrected chi connectivity index (χ0v) is 9.48. The van der Waals surface area contributed by atoms with Crippen molar-refractivity contribution in [3.05, 3.63) is 23.9 Å². The molecule has 0 aliphatic rings. The number of aliphatic hydroxyl groups excluding tert-OH is 1. The fourth-order valence-electron chi connectivity index (χ4n) is 1.51. The Morgan fingerprint density at radius 1 is 1.62 bits per heavy atom. The van der Waals surface area contributed by atoms with Crippen molar-refractivity contribution in [1.29, 1.82) is 5.26 Å². The van der Waals surface area contributed by atoms with Gasteiger partial charge in [-0.1, -0.05) is 13.3 Å². The Balaban J connectivity index is 2.56. The molecule has 0 spiro atoms. The van der Waals surface area contributed by atoms with Gasteiger partial charge in [0.25, 0.3) is 0 Å². The minimum Gasteiger partial charge on any atom is -0.396 e. The first kappa shape index (κ1) is 12.5. The molecule has 1 aromatic rings. The highest BCUT2D eigenvalue weighted by atomic mass is 16.3. The monoisotopic (exact) mass is 219 g/mol. The molecule has 0 aromatic carbocycles. The first-order valence-corrected chi connectivity index (χ1v) is 5.51. The average Bonchev–Trinajstić information content (AvgIpc) is 2.34. The summed E-state index contributed by atoms with van der Waals surface area (Å²) in [6, 6.07) is 5.58. The van der Waals surface area contributed by atoms with Gasteiger partial charge < -0.3 is 10.4 Å². The van der Waals surface area contributed by atoms with Gasteiger partial charge in [0.1, 0.15) is 11.9 Å². The quantitative estimate of drug-likeness (QED) is 0.765. The Kier molecular flexibility index (Phi) is 5.30. The fourth-order valence-corrected chi connectivity index (χ4v) is 1.51. The molecule has 1 aromatic heterocycles. The van der Waals surface area contributed by atoms with Crippen LogP contribution in [0.4, 0.5) is 5.82 Å². The molecular weight excluding hydrogens is 202 g/mol. The Morgan fingerprint density at radius 2 is 2.44 bits per heavy atom. The van der Waals surface area contributed by atoms with E-state index in [-0.39, 0.29) is 6.61 Å². The highest BCUT2D eigenvalue weighted by Gasteiger charge is 2.07. The molecule has 0 saturated carbocycles. The molecule has 0 fully saturated rings. The summed E-state index contributed by atoms with van der Waals surface area (Å²) < 4.78 is 0. The van der Waals surface area contributed by atoms with Gasteiger partial charge in [-0.25, -0.2) is 4.98 Å². The SMILES string of the molecule is CCC(CCO)CNc1ncccc1C#N. The number of hydrogen-bond acceptors (Lipinski definition) is 4. The van der Waals surface area contributed by atoms with E-state index in [2.05, 4.69) is 23.3 Å². The molecule has 0 saturated heterocycles. The maximum atomic E-state index is 8.87. The number of anilines is 1. The number of aromatic nitrogens is 1. The van der Waals surface area contributed by atoms with E-state index in [1.807, 2.05) is 0 Å². The lowest BCUT2D eigenvalue weighted by Gasteiger charge is -2.15. The topological polar surface area (TPSA) is 68.9 Å². The van der Waals surface area contributed by atoms with E-state index < -0.39 is 0 Å². The molecule has 0 aliphatic heterocycles. The van der Waals surface area contributed by atoms with Crippen LogP contribution in [0.5, 0.6) is 0 Å². The summed E-state index contributed by atoms with van der Waals surface area (Å²) in [4.78, 5) is 4.12. The van der Waals surface area contributed by atoms with Crippen molar-refractivity contribution in [2.75, 3.05) is 18.5 Å². The second-order valence-electron chi connectivity index (χ2n) is 3.68. The number of aliphatic hydroxyl groups is 1. The summed E-state index contributed by atoms with van der Waals surface area (Å²) in [5.41, 5.74) is 0.557. The zero-order valence-electron chi connectivity index (χ0n) is 9.48. The van der Waals surface area contributed by atoms with Crippen molar-refractivity contribution < 1.29 is 5.11 Å². The third kappa shape index (κ3) is 3.52. The van der Waals surface area contributed by atoms with E-state index in [1.54, 1.807) is 18.3 Å². The first-order valence-electron chi connectivity index (χ1n) is 5.51. The molecule has 86 valence electrons. The second-order valence-corrected chi connectivity index (χ2v) is 3.68. The molecule has 4 heteroatoms. The largest absolute Gasteiger partial charge is 0.396 e. The number of pyridine rings is 1. The predicted molar refractivity (Wildman–Crippen MR) is 62.9 cm³/mol. The van der Waals surface area contributed by atoms with Gasteiger partial charge in [0.15, 0.2) is 0 Å². The van der Waals surface area contributed by atoms with Gasteiger partial charge in [0.2, 0.25) is 0 Å². The molecule has 0 amide bonds. The van der Waals surface area contributed by atoms with Gasteiger partial charge in [0, 0.05) is 19.3 Å². The van der Waals surface area contributed by atoms with Crippen molar-refractivity contribution in [1.82, 2.24) is 4.98 Å². The third-order valence-corrected chi connectivity index (χ3v) is 2.60. The van der Waals surface area contributed by atoms with Crippen molar-refractivity contribution in [2.45, 2.75) is 19.8 Å². The summed E-state index contributed by atoms with van der Waals surface area (Å²) in [7, 11) is 0. The smallest absolute Gasteiger partial charge is 0.143 e. The van der Waals surface area contributed by atoms with Crippen LogP contribution >= 0.6 is 0 Å². The van der Waals surface area contributed by atoms with E-state index in [0.717, 1.165) is 19.4 Å². The summed E-state index contributed by atoms with van der Waals surface area (Å²) >= 11 is 0. The van der Waals surface area contributed by atoms with Crippen LogP contribution in [0.15, 0.2) is 18.3 Å². The summed E-state index contributed by atoms with van der Waals surface area (Å²) in [5, 5.41) is 20.9. The molecule has 1 unspecified atom stereocenters. The predicted octanol–water partition coefficient (Wildman–Crippen LogP) is 1.77. The Morgan fingerprint density at radius 3 is 3.06 bits per heavy atom. The highest BCUT2D eigenvalue weighted by molar-refractivity contribution is 5.51.